The zero-order valence-electron chi connectivity index (χ0n) is 14.6. The molecule has 0 aliphatic heterocycles. The molecule has 1 heterocycles. The molecular weight excluding hydrogens is 324 g/mol. The fourth-order valence-electron chi connectivity index (χ4n) is 2.81. The zero-order chi connectivity index (χ0) is 18.4. The van der Waals surface area contributed by atoms with E-state index in [1.807, 2.05) is 0 Å². The van der Waals surface area contributed by atoms with Gasteiger partial charge in [-0.15, -0.1) is 0 Å². The Morgan fingerprint density at radius 3 is 2.68 bits per heavy atom. The van der Waals surface area contributed by atoms with Gasteiger partial charge in [-0.2, -0.15) is 0 Å². The van der Waals surface area contributed by atoms with Crippen molar-refractivity contribution in [1.29, 1.82) is 0 Å². The Morgan fingerprint density at radius 1 is 1.24 bits per heavy atom. The third-order valence-electron chi connectivity index (χ3n) is 4.06. The van der Waals surface area contributed by atoms with Crippen LogP contribution in [0.1, 0.15) is 43.9 Å². The highest BCUT2D eigenvalue weighted by molar-refractivity contribution is 5.86. The molecule has 0 bridgehead atoms. The Morgan fingerprint density at radius 2 is 2.00 bits per heavy atom. The minimum absolute atomic E-state index is 0.0661. The van der Waals surface area contributed by atoms with Crippen LogP contribution in [0.15, 0.2) is 27.4 Å². The molecule has 1 aromatic heterocycles. The van der Waals surface area contributed by atoms with E-state index in [1.54, 1.807) is 6.92 Å². The second-order valence-corrected chi connectivity index (χ2v) is 6.26. The maximum atomic E-state index is 12.5. The summed E-state index contributed by atoms with van der Waals surface area (Å²) < 4.78 is 10.4. The van der Waals surface area contributed by atoms with Crippen LogP contribution in [0.5, 0.6) is 5.75 Å². The number of benzene rings is 1. The fourth-order valence-corrected chi connectivity index (χ4v) is 2.81. The number of fused-ring (bicyclic) bond motifs is 1. The molecule has 1 aromatic carbocycles. The highest BCUT2D eigenvalue weighted by Crippen LogP contribution is 2.24. The molecule has 6 nitrogen and oxygen atoms in total. The summed E-state index contributed by atoms with van der Waals surface area (Å²) in [4.78, 5) is 24.0. The van der Waals surface area contributed by atoms with Crippen molar-refractivity contribution in [2.75, 3.05) is 7.11 Å². The molecule has 0 spiro atoms. The van der Waals surface area contributed by atoms with Crippen LogP contribution in [0.3, 0.4) is 0 Å². The minimum atomic E-state index is -0.492. The third kappa shape index (κ3) is 5.32. The number of aromatic hydroxyl groups is 1. The summed E-state index contributed by atoms with van der Waals surface area (Å²) in [6, 6.07) is 4.20. The van der Waals surface area contributed by atoms with Gasteiger partial charge in [0, 0.05) is 18.6 Å². The van der Waals surface area contributed by atoms with Crippen LogP contribution in [0.4, 0.5) is 0 Å². The van der Waals surface area contributed by atoms with E-state index in [4.69, 9.17) is 4.42 Å². The van der Waals surface area contributed by atoms with Crippen LogP contribution in [0.2, 0.25) is 0 Å². The van der Waals surface area contributed by atoms with E-state index in [-0.39, 0.29) is 29.3 Å². The lowest BCUT2D eigenvalue weighted by Gasteiger charge is -2.08. The lowest BCUT2D eigenvalue weighted by atomic mass is 10.0. The number of carbonyl (C=O) groups excluding carboxylic acids is 1. The van der Waals surface area contributed by atoms with Crippen LogP contribution in [-0.2, 0) is 22.4 Å². The van der Waals surface area contributed by atoms with Crippen molar-refractivity contribution in [3.8, 4) is 5.75 Å². The average Bonchev–Trinajstić information content (AvgIpc) is 2.53. The van der Waals surface area contributed by atoms with Crippen molar-refractivity contribution < 1.29 is 24.2 Å². The van der Waals surface area contributed by atoms with Crippen molar-refractivity contribution in [2.45, 2.75) is 51.6 Å². The van der Waals surface area contributed by atoms with Crippen molar-refractivity contribution in [3.05, 3.63) is 39.7 Å². The van der Waals surface area contributed by atoms with Gasteiger partial charge < -0.3 is 19.4 Å². The van der Waals surface area contributed by atoms with Gasteiger partial charge in [-0.3, -0.25) is 9.59 Å². The predicted molar refractivity (Wildman–Crippen MR) is 93.7 cm³/mol. The Kier molecular flexibility index (Phi) is 6.58. The number of rotatable bonds is 8. The van der Waals surface area contributed by atoms with Gasteiger partial charge >= 0.3 is 5.97 Å². The third-order valence-corrected chi connectivity index (χ3v) is 4.06. The predicted octanol–water partition coefficient (Wildman–Crippen LogP) is 2.70. The second-order valence-electron chi connectivity index (χ2n) is 6.26. The monoisotopic (exact) mass is 348 g/mol. The Balaban J connectivity index is 2.20. The minimum Gasteiger partial charge on any atom is -0.508 e. The van der Waals surface area contributed by atoms with Gasteiger partial charge in [-0.25, -0.2) is 0 Å². The molecular formula is C19H24O6. The number of phenolic OH excluding ortho intramolecular Hbond substituents is 1. The molecule has 0 aliphatic carbocycles. The van der Waals surface area contributed by atoms with Crippen molar-refractivity contribution in [2.24, 2.45) is 0 Å². The molecule has 2 aromatic rings. The first-order chi connectivity index (χ1) is 11.9. The summed E-state index contributed by atoms with van der Waals surface area (Å²) in [6.07, 6.45) is 3.65. The Bertz CT molecular complexity index is 790. The molecule has 6 heteroatoms. The molecule has 136 valence electrons. The maximum absolute atomic E-state index is 12.5. The summed E-state index contributed by atoms with van der Waals surface area (Å²) in [6.45, 7) is 1.76. The molecule has 0 aliphatic rings. The smallest absolute Gasteiger partial charge is 0.310 e. The van der Waals surface area contributed by atoms with E-state index in [2.05, 4.69) is 4.74 Å². The van der Waals surface area contributed by atoms with Gasteiger partial charge in [-0.1, -0.05) is 12.8 Å². The van der Waals surface area contributed by atoms with Crippen LogP contribution >= 0.6 is 0 Å². The van der Waals surface area contributed by atoms with Gasteiger partial charge in [0.1, 0.15) is 17.1 Å². The Labute approximate surface area is 146 Å². The number of aliphatic hydroxyl groups excluding tert-OH is 1. The highest BCUT2D eigenvalue weighted by Gasteiger charge is 2.14. The van der Waals surface area contributed by atoms with Crippen molar-refractivity contribution in [3.63, 3.8) is 0 Å². The molecule has 25 heavy (non-hydrogen) atoms. The number of hydrogen-bond acceptors (Lipinski definition) is 6. The van der Waals surface area contributed by atoms with Crippen LogP contribution in [0, 0.1) is 0 Å². The molecule has 0 saturated carbocycles. The standard InChI is InChI=1S/C19H24O6/c1-12(20)6-4-3-5-7-15-11-16(22)19-13(9-18(23)24-2)8-14(21)10-17(19)25-15/h8,10-12,20-21H,3-7,9H2,1-2H3/t12-/m1/s1. The average molecular weight is 348 g/mol. The number of hydrogen-bond donors (Lipinski definition) is 2. The van der Waals surface area contributed by atoms with E-state index < -0.39 is 5.97 Å². The molecule has 1 atom stereocenters. The first-order valence-corrected chi connectivity index (χ1v) is 8.44. The number of esters is 1. The summed E-state index contributed by atoms with van der Waals surface area (Å²) in [7, 11) is 1.27. The van der Waals surface area contributed by atoms with E-state index in [9.17, 15) is 19.8 Å². The summed E-state index contributed by atoms with van der Waals surface area (Å²) in [5.74, 6) is -0.0127. The summed E-state index contributed by atoms with van der Waals surface area (Å²) in [5, 5.41) is 19.4. The molecule has 2 N–H and O–H groups in total. The number of aryl methyl sites for hydroxylation is 1. The number of aliphatic hydroxyl groups is 1. The van der Waals surface area contributed by atoms with Crippen LogP contribution in [-0.4, -0.2) is 29.4 Å². The first kappa shape index (κ1) is 19.0. The van der Waals surface area contributed by atoms with Gasteiger partial charge in [0.2, 0.25) is 0 Å². The van der Waals surface area contributed by atoms with Crippen LogP contribution in [0.25, 0.3) is 11.0 Å². The largest absolute Gasteiger partial charge is 0.508 e. The summed E-state index contributed by atoms with van der Waals surface area (Å²) in [5.41, 5.74) is 0.420. The fraction of sp³-hybridized carbons (Fsp3) is 0.474. The van der Waals surface area contributed by atoms with E-state index >= 15 is 0 Å². The highest BCUT2D eigenvalue weighted by atomic mass is 16.5. The molecule has 0 unspecified atom stereocenters. The zero-order valence-corrected chi connectivity index (χ0v) is 14.6. The molecule has 0 radical (unpaired) electrons. The van der Waals surface area contributed by atoms with E-state index in [0.717, 1.165) is 25.7 Å². The normalized spacial score (nSPS) is 12.3. The van der Waals surface area contributed by atoms with E-state index in [1.165, 1.54) is 25.3 Å². The quantitative estimate of drug-likeness (QED) is 0.562. The van der Waals surface area contributed by atoms with Crippen molar-refractivity contribution >= 4 is 16.9 Å². The van der Waals surface area contributed by atoms with E-state index in [0.29, 0.717) is 23.1 Å². The number of unbranched alkanes of at least 4 members (excludes halogenated alkanes) is 2. The first-order valence-electron chi connectivity index (χ1n) is 8.44. The molecule has 0 amide bonds. The molecule has 2 rings (SSSR count). The summed E-state index contributed by atoms with van der Waals surface area (Å²) >= 11 is 0. The second kappa shape index (κ2) is 8.67. The number of phenols is 1. The molecule has 0 saturated heterocycles. The number of carbonyl (C=O) groups is 1. The Hall–Kier alpha value is -2.34. The maximum Gasteiger partial charge on any atom is 0.310 e. The van der Waals surface area contributed by atoms with Crippen molar-refractivity contribution in [1.82, 2.24) is 0 Å². The van der Waals surface area contributed by atoms with Gasteiger partial charge in [0.15, 0.2) is 5.43 Å². The molecule has 0 fully saturated rings. The SMILES string of the molecule is COC(=O)Cc1cc(O)cc2oc(CCCCC[C@@H](C)O)cc(=O)c12. The lowest BCUT2D eigenvalue weighted by Crippen LogP contribution is -2.10. The van der Waals surface area contributed by atoms with Gasteiger partial charge in [0.25, 0.3) is 0 Å². The van der Waals surface area contributed by atoms with Gasteiger partial charge in [0.05, 0.1) is 25.0 Å². The topological polar surface area (TPSA) is 97.0 Å². The van der Waals surface area contributed by atoms with Crippen LogP contribution < -0.4 is 5.43 Å². The number of methoxy groups -OCH3 is 1. The van der Waals surface area contributed by atoms with Gasteiger partial charge in [-0.05, 0) is 31.4 Å². The number of ether oxygens (including phenoxy) is 1. The lowest BCUT2D eigenvalue weighted by molar-refractivity contribution is -0.139.